The van der Waals surface area contributed by atoms with E-state index in [-0.39, 0.29) is 0 Å². The van der Waals surface area contributed by atoms with Crippen LogP contribution < -0.4 is 10.2 Å². The van der Waals surface area contributed by atoms with Crippen molar-refractivity contribution in [3.05, 3.63) is 11.8 Å². The maximum Gasteiger partial charge on any atom is 0.224 e. The zero-order valence-electron chi connectivity index (χ0n) is 13.9. The Morgan fingerprint density at radius 1 is 1.24 bits per heavy atom. The van der Waals surface area contributed by atoms with Crippen molar-refractivity contribution in [2.75, 3.05) is 42.9 Å². The van der Waals surface area contributed by atoms with Crippen molar-refractivity contribution in [3.63, 3.8) is 0 Å². The van der Waals surface area contributed by atoms with E-state index in [2.05, 4.69) is 47.8 Å². The monoisotopic (exact) mass is 291 g/mol. The van der Waals surface area contributed by atoms with Gasteiger partial charge >= 0.3 is 0 Å². The molecule has 1 aromatic rings. The molecule has 1 saturated heterocycles. The summed E-state index contributed by atoms with van der Waals surface area (Å²) in [5, 5.41) is 3.28. The van der Waals surface area contributed by atoms with Crippen molar-refractivity contribution in [1.29, 1.82) is 0 Å². The van der Waals surface area contributed by atoms with Crippen LogP contribution in [-0.4, -0.2) is 53.6 Å². The number of hydrogen-bond donors (Lipinski definition) is 1. The molecule has 118 valence electrons. The first-order chi connectivity index (χ1) is 10.2. The highest BCUT2D eigenvalue weighted by atomic mass is 15.3. The van der Waals surface area contributed by atoms with Crippen molar-refractivity contribution in [2.24, 2.45) is 0 Å². The summed E-state index contributed by atoms with van der Waals surface area (Å²) in [5.74, 6) is 1.84. The summed E-state index contributed by atoms with van der Waals surface area (Å²) in [7, 11) is 0. The van der Waals surface area contributed by atoms with Crippen molar-refractivity contribution in [3.8, 4) is 0 Å². The molecule has 1 N–H and O–H groups in total. The summed E-state index contributed by atoms with van der Waals surface area (Å²) in [6.45, 7) is 14.1. The predicted octanol–water partition coefficient (Wildman–Crippen LogP) is 2.53. The van der Waals surface area contributed by atoms with Gasteiger partial charge in [0.05, 0.1) is 0 Å². The van der Waals surface area contributed by atoms with Gasteiger partial charge in [0, 0.05) is 50.5 Å². The summed E-state index contributed by atoms with van der Waals surface area (Å²) in [4.78, 5) is 14.0. The van der Waals surface area contributed by atoms with Crippen LogP contribution in [0.5, 0.6) is 0 Å². The normalized spacial score (nSPS) is 17.8. The van der Waals surface area contributed by atoms with Crippen LogP contribution in [0.25, 0.3) is 0 Å². The average Bonchev–Trinajstić information content (AvgIpc) is 2.53. The second-order valence-corrected chi connectivity index (χ2v) is 5.91. The van der Waals surface area contributed by atoms with E-state index in [1.165, 1.54) is 6.42 Å². The number of anilines is 2. The SMILES string of the molecule is CCCNc1ncc(C)c(N2CCN(C(C)CC)CC2)n1. The molecule has 0 amide bonds. The van der Waals surface area contributed by atoms with Crippen LogP contribution in [0.2, 0.25) is 0 Å². The zero-order valence-corrected chi connectivity index (χ0v) is 13.9. The molecule has 2 heterocycles. The highest BCUT2D eigenvalue weighted by molar-refractivity contribution is 5.49. The molecule has 1 aromatic heterocycles. The zero-order chi connectivity index (χ0) is 15.2. The van der Waals surface area contributed by atoms with Gasteiger partial charge in [-0.1, -0.05) is 13.8 Å². The standard InChI is InChI=1S/C16H29N5/c1-5-7-17-16-18-12-13(3)15(19-16)21-10-8-20(9-11-21)14(4)6-2/h12,14H,5-11H2,1-4H3,(H,17,18,19). The van der Waals surface area contributed by atoms with Crippen LogP contribution in [0.3, 0.4) is 0 Å². The molecule has 0 aromatic carbocycles. The van der Waals surface area contributed by atoms with Gasteiger partial charge in [0.25, 0.3) is 0 Å². The Morgan fingerprint density at radius 2 is 1.95 bits per heavy atom. The molecule has 2 rings (SSSR count). The minimum absolute atomic E-state index is 0.681. The van der Waals surface area contributed by atoms with E-state index in [0.717, 1.165) is 56.5 Å². The van der Waals surface area contributed by atoms with E-state index >= 15 is 0 Å². The van der Waals surface area contributed by atoms with Crippen molar-refractivity contribution >= 4 is 11.8 Å². The third-order valence-corrected chi connectivity index (χ3v) is 4.31. The van der Waals surface area contributed by atoms with Gasteiger partial charge in [-0.15, -0.1) is 0 Å². The second kappa shape index (κ2) is 7.59. The van der Waals surface area contributed by atoms with Gasteiger partial charge in [0.1, 0.15) is 5.82 Å². The van der Waals surface area contributed by atoms with Gasteiger partial charge in [-0.2, -0.15) is 4.98 Å². The Labute approximate surface area is 128 Å². The highest BCUT2D eigenvalue weighted by Gasteiger charge is 2.22. The molecule has 5 nitrogen and oxygen atoms in total. The Morgan fingerprint density at radius 3 is 2.57 bits per heavy atom. The third-order valence-electron chi connectivity index (χ3n) is 4.31. The number of aryl methyl sites for hydroxylation is 1. The molecule has 0 spiro atoms. The molecule has 0 saturated carbocycles. The van der Waals surface area contributed by atoms with E-state index in [0.29, 0.717) is 6.04 Å². The largest absolute Gasteiger partial charge is 0.354 e. The van der Waals surface area contributed by atoms with Crippen LogP contribution in [0.1, 0.15) is 39.2 Å². The van der Waals surface area contributed by atoms with Crippen LogP contribution in [0, 0.1) is 6.92 Å². The molecule has 0 bridgehead atoms. The lowest BCUT2D eigenvalue weighted by Gasteiger charge is -2.38. The van der Waals surface area contributed by atoms with E-state index in [9.17, 15) is 0 Å². The Kier molecular flexibility index (Phi) is 5.79. The Bertz CT molecular complexity index is 440. The lowest BCUT2D eigenvalue weighted by molar-refractivity contribution is 0.192. The first kappa shape index (κ1) is 16.0. The minimum Gasteiger partial charge on any atom is -0.354 e. The molecule has 1 aliphatic rings. The number of aromatic nitrogens is 2. The molecule has 0 aliphatic carbocycles. The van der Waals surface area contributed by atoms with Crippen LogP contribution >= 0.6 is 0 Å². The lowest BCUT2D eigenvalue weighted by atomic mass is 10.2. The molecule has 1 aliphatic heterocycles. The molecule has 21 heavy (non-hydrogen) atoms. The average molecular weight is 291 g/mol. The van der Waals surface area contributed by atoms with Gasteiger partial charge in [-0.05, 0) is 26.7 Å². The number of rotatable bonds is 6. The first-order valence-corrected chi connectivity index (χ1v) is 8.22. The molecule has 0 radical (unpaired) electrons. The maximum absolute atomic E-state index is 4.71. The number of hydrogen-bond acceptors (Lipinski definition) is 5. The molecule has 1 atom stereocenters. The maximum atomic E-state index is 4.71. The molecular weight excluding hydrogens is 262 g/mol. The smallest absolute Gasteiger partial charge is 0.224 e. The fourth-order valence-corrected chi connectivity index (χ4v) is 2.71. The van der Waals surface area contributed by atoms with E-state index in [1.807, 2.05) is 6.20 Å². The first-order valence-electron chi connectivity index (χ1n) is 8.22. The van der Waals surface area contributed by atoms with Crippen LogP contribution in [0.15, 0.2) is 6.20 Å². The third kappa shape index (κ3) is 4.06. The van der Waals surface area contributed by atoms with E-state index < -0.39 is 0 Å². The van der Waals surface area contributed by atoms with Gasteiger partial charge in [0.15, 0.2) is 0 Å². The minimum atomic E-state index is 0.681. The van der Waals surface area contributed by atoms with Gasteiger partial charge in [-0.3, -0.25) is 4.90 Å². The highest BCUT2D eigenvalue weighted by Crippen LogP contribution is 2.20. The summed E-state index contributed by atoms with van der Waals surface area (Å²) in [6.07, 6.45) is 4.24. The van der Waals surface area contributed by atoms with Gasteiger partial charge in [-0.25, -0.2) is 4.98 Å². The summed E-state index contributed by atoms with van der Waals surface area (Å²) in [5.41, 5.74) is 1.16. The fraction of sp³-hybridized carbons (Fsp3) is 0.750. The Balaban J connectivity index is 2.02. The quantitative estimate of drug-likeness (QED) is 0.872. The van der Waals surface area contributed by atoms with Crippen molar-refractivity contribution in [1.82, 2.24) is 14.9 Å². The van der Waals surface area contributed by atoms with E-state index in [4.69, 9.17) is 4.98 Å². The van der Waals surface area contributed by atoms with Crippen molar-refractivity contribution < 1.29 is 0 Å². The van der Waals surface area contributed by atoms with Crippen LogP contribution in [-0.2, 0) is 0 Å². The predicted molar refractivity (Wildman–Crippen MR) is 89.1 cm³/mol. The number of nitrogens with one attached hydrogen (secondary N) is 1. The summed E-state index contributed by atoms with van der Waals surface area (Å²) in [6, 6.07) is 0.681. The van der Waals surface area contributed by atoms with Gasteiger partial charge < -0.3 is 10.2 Å². The summed E-state index contributed by atoms with van der Waals surface area (Å²) < 4.78 is 0. The van der Waals surface area contributed by atoms with E-state index in [1.54, 1.807) is 0 Å². The molecule has 1 fully saturated rings. The van der Waals surface area contributed by atoms with Crippen LogP contribution in [0.4, 0.5) is 11.8 Å². The second-order valence-electron chi connectivity index (χ2n) is 5.91. The van der Waals surface area contributed by atoms with Gasteiger partial charge in [0.2, 0.25) is 5.95 Å². The molecule has 1 unspecified atom stereocenters. The Hall–Kier alpha value is -1.36. The lowest BCUT2D eigenvalue weighted by Crippen LogP contribution is -2.49. The number of piperazine rings is 1. The molecule has 5 heteroatoms. The fourth-order valence-electron chi connectivity index (χ4n) is 2.71. The number of nitrogens with zero attached hydrogens (tertiary/aromatic N) is 4. The summed E-state index contributed by atoms with van der Waals surface area (Å²) >= 11 is 0. The molecular formula is C16H29N5. The topological polar surface area (TPSA) is 44.3 Å². The van der Waals surface area contributed by atoms with Crippen molar-refractivity contribution in [2.45, 2.75) is 46.6 Å².